The number of rotatable bonds is 3. The number of hydrogen-bond donors (Lipinski definition) is 0. The van der Waals surface area contributed by atoms with Gasteiger partial charge < -0.3 is 4.74 Å². The summed E-state index contributed by atoms with van der Waals surface area (Å²) in [7, 11) is 0. The van der Waals surface area contributed by atoms with E-state index in [0.29, 0.717) is 12.2 Å². The Hall–Kier alpha value is -0.350. The monoisotopic (exact) mass is 334 g/mol. The smallest absolute Gasteiger partial charge is 0.339 e. The fourth-order valence-electron chi connectivity index (χ4n) is 1.28. The molecule has 0 aliphatic carbocycles. The van der Waals surface area contributed by atoms with E-state index in [4.69, 9.17) is 4.74 Å². The van der Waals surface area contributed by atoms with Gasteiger partial charge in [-0.25, -0.2) is 4.79 Å². The molecule has 0 heterocycles. The van der Waals surface area contributed by atoms with Gasteiger partial charge in [-0.05, 0) is 47.0 Å². The maximum absolute atomic E-state index is 11.6. The maximum atomic E-state index is 11.6. The van der Waals surface area contributed by atoms with Gasteiger partial charge in [0.1, 0.15) is 0 Å². The Morgan fingerprint density at radius 1 is 1.47 bits per heavy atom. The van der Waals surface area contributed by atoms with Gasteiger partial charge >= 0.3 is 5.97 Å². The van der Waals surface area contributed by atoms with Gasteiger partial charge in [-0.1, -0.05) is 22.0 Å². The van der Waals surface area contributed by atoms with Crippen LogP contribution in [0.5, 0.6) is 0 Å². The van der Waals surface area contributed by atoms with Crippen molar-refractivity contribution in [3.8, 4) is 0 Å². The molecule has 0 aromatic heterocycles. The van der Waals surface area contributed by atoms with Gasteiger partial charge in [0.25, 0.3) is 0 Å². The summed E-state index contributed by atoms with van der Waals surface area (Å²) in [5, 5.41) is 0.730. The van der Waals surface area contributed by atoms with Crippen LogP contribution in [0.3, 0.4) is 0 Å². The second kappa shape index (κ2) is 5.66. The van der Waals surface area contributed by atoms with Crippen molar-refractivity contribution >= 4 is 37.8 Å². The SMILES string of the molecule is CCOC(=O)c1cc(CBr)cc(C)c1Br. The molecule has 0 bridgehead atoms. The predicted molar refractivity (Wildman–Crippen MR) is 67.5 cm³/mol. The molecule has 0 atom stereocenters. The van der Waals surface area contributed by atoms with Gasteiger partial charge in [0.15, 0.2) is 0 Å². The zero-order valence-electron chi connectivity index (χ0n) is 8.64. The molecule has 0 aliphatic heterocycles. The van der Waals surface area contributed by atoms with Crippen molar-refractivity contribution in [3.05, 3.63) is 33.3 Å². The van der Waals surface area contributed by atoms with Gasteiger partial charge in [0.2, 0.25) is 0 Å². The lowest BCUT2D eigenvalue weighted by Gasteiger charge is -2.08. The molecule has 0 aliphatic rings. The Morgan fingerprint density at radius 3 is 2.67 bits per heavy atom. The van der Waals surface area contributed by atoms with E-state index >= 15 is 0 Å². The van der Waals surface area contributed by atoms with E-state index in [2.05, 4.69) is 31.9 Å². The normalized spacial score (nSPS) is 10.1. The van der Waals surface area contributed by atoms with Crippen LogP contribution in [0.15, 0.2) is 16.6 Å². The van der Waals surface area contributed by atoms with Crippen molar-refractivity contribution in [3.63, 3.8) is 0 Å². The molecule has 82 valence electrons. The molecule has 15 heavy (non-hydrogen) atoms. The third-order valence-corrected chi connectivity index (χ3v) is 3.66. The summed E-state index contributed by atoms with van der Waals surface area (Å²) in [6.07, 6.45) is 0. The van der Waals surface area contributed by atoms with Crippen LogP contribution in [0.1, 0.15) is 28.4 Å². The molecule has 0 fully saturated rings. The lowest BCUT2D eigenvalue weighted by Crippen LogP contribution is -2.07. The van der Waals surface area contributed by atoms with E-state index < -0.39 is 0 Å². The minimum absolute atomic E-state index is 0.282. The largest absolute Gasteiger partial charge is 0.462 e. The Bertz CT molecular complexity index is 375. The highest BCUT2D eigenvalue weighted by Gasteiger charge is 2.13. The van der Waals surface area contributed by atoms with E-state index in [1.54, 1.807) is 6.92 Å². The summed E-state index contributed by atoms with van der Waals surface area (Å²) in [5.41, 5.74) is 2.69. The van der Waals surface area contributed by atoms with Crippen LogP contribution in [0.25, 0.3) is 0 Å². The van der Waals surface area contributed by atoms with Crippen molar-refractivity contribution in [2.75, 3.05) is 6.61 Å². The first kappa shape index (κ1) is 12.7. The molecule has 0 saturated heterocycles. The number of benzene rings is 1. The molecule has 4 heteroatoms. The molecule has 1 aromatic rings. The first-order valence-electron chi connectivity index (χ1n) is 4.62. The van der Waals surface area contributed by atoms with Crippen LogP contribution in [-0.4, -0.2) is 12.6 Å². The number of hydrogen-bond acceptors (Lipinski definition) is 2. The second-order valence-corrected chi connectivity index (χ2v) is 4.48. The van der Waals surface area contributed by atoms with Crippen molar-refractivity contribution in [2.24, 2.45) is 0 Å². The molecule has 0 radical (unpaired) electrons. The van der Waals surface area contributed by atoms with Crippen LogP contribution in [-0.2, 0) is 10.1 Å². The quantitative estimate of drug-likeness (QED) is 0.620. The van der Waals surface area contributed by atoms with E-state index in [-0.39, 0.29) is 5.97 Å². The van der Waals surface area contributed by atoms with Gasteiger partial charge in [0.05, 0.1) is 12.2 Å². The van der Waals surface area contributed by atoms with Crippen molar-refractivity contribution in [1.29, 1.82) is 0 Å². The van der Waals surface area contributed by atoms with Crippen LogP contribution in [0.4, 0.5) is 0 Å². The van der Waals surface area contributed by atoms with Gasteiger partial charge in [-0.2, -0.15) is 0 Å². The summed E-state index contributed by atoms with van der Waals surface area (Å²) in [6.45, 7) is 4.15. The number of halogens is 2. The molecule has 0 N–H and O–H groups in total. The van der Waals surface area contributed by atoms with Crippen LogP contribution in [0, 0.1) is 6.92 Å². The average Bonchev–Trinajstić information content (AvgIpc) is 2.22. The molecule has 0 saturated carbocycles. The minimum atomic E-state index is -0.282. The number of ether oxygens (including phenoxy) is 1. The Labute approximate surface area is 106 Å². The molecule has 0 unspecified atom stereocenters. The van der Waals surface area contributed by atoms with Gasteiger partial charge in [-0.15, -0.1) is 0 Å². The highest BCUT2D eigenvalue weighted by atomic mass is 79.9. The molecule has 1 rings (SSSR count). The second-order valence-electron chi connectivity index (χ2n) is 3.13. The molecular formula is C11H12Br2O2. The summed E-state index contributed by atoms with van der Waals surface area (Å²) in [6, 6.07) is 3.87. The number of carbonyl (C=O) groups is 1. The van der Waals surface area contributed by atoms with E-state index in [1.165, 1.54) is 0 Å². The van der Waals surface area contributed by atoms with E-state index in [9.17, 15) is 4.79 Å². The van der Waals surface area contributed by atoms with Crippen molar-refractivity contribution in [1.82, 2.24) is 0 Å². The molecule has 0 amide bonds. The Kier molecular flexibility index (Phi) is 4.80. The first-order chi connectivity index (χ1) is 7.10. The molecule has 2 nitrogen and oxygen atoms in total. The maximum Gasteiger partial charge on any atom is 0.339 e. The summed E-state index contributed by atoms with van der Waals surface area (Å²) in [5.74, 6) is -0.282. The Morgan fingerprint density at radius 2 is 2.13 bits per heavy atom. The highest BCUT2D eigenvalue weighted by molar-refractivity contribution is 9.10. The van der Waals surface area contributed by atoms with Crippen LogP contribution in [0.2, 0.25) is 0 Å². The Balaban J connectivity index is 3.15. The van der Waals surface area contributed by atoms with Crippen LogP contribution < -0.4 is 0 Å². The van der Waals surface area contributed by atoms with E-state index in [0.717, 1.165) is 20.9 Å². The number of esters is 1. The van der Waals surface area contributed by atoms with Crippen molar-refractivity contribution < 1.29 is 9.53 Å². The lowest BCUT2D eigenvalue weighted by atomic mass is 10.1. The third-order valence-electron chi connectivity index (χ3n) is 1.96. The number of aryl methyl sites for hydroxylation is 1. The lowest BCUT2D eigenvalue weighted by molar-refractivity contribution is 0.0525. The highest BCUT2D eigenvalue weighted by Crippen LogP contribution is 2.25. The van der Waals surface area contributed by atoms with Gasteiger partial charge in [0, 0.05) is 9.80 Å². The van der Waals surface area contributed by atoms with Crippen molar-refractivity contribution in [2.45, 2.75) is 19.2 Å². The fraction of sp³-hybridized carbons (Fsp3) is 0.364. The molecular weight excluding hydrogens is 324 g/mol. The first-order valence-corrected chi connectivity index (χ1v) is 6.53. The van der Waals surface area contributed by atoms with E-state index in [1.807, 2.05) is 19.1 Å². The fourth-order valence-corrected chi connectivity index (χ4v) is 1.99. The summed E-state index contributed by atoms with van der Waals surface area (Å²) >= 11 is 6.77. The van der Waals surface area contributed by atoms with Gasteiger partial charge in [-0.3, -0.25) is 0 Å². The average molecular weight is 336 g/mol. The standard InChI is InChI=1S/C11H12Br2O2/c1-3-15-11(14)9-5-8(6-12)4-7(2)10(9)13/h4-5H,3,6H2,1-2H3. The zero-order chi connectivity index (χ0) is 11.4. The molecule has 0 spiro atoms. The topological polar surface area (TPSA) is 26.3 Å². The van der Waals surface area contributed by atoms with Crippen LogP contribution >= 0.6 is 31.9 Å². The summed E-state index contributed by atoms with van der Waals surface area (Å²) in [4.78, 5) is 11.6. The number of alkyl halides is 1. The molecule has 1 aromatic carbocycles. The number of carbonyl (C=O) groups excluding carboxylic acids is 1. The minimum Gasteiger partial charge on any atom is -0.462 e. The zero-order valence-corrected chi connectivity index (χ0v) is 11.8. The third kappa shape index (κ3) is 3.05. The predicted octanol–water partition coefficient (Wildman–Crippen LogP) is 3.83. The summed E-state index contributed by atoms with van der Waals surface area (Å²) < 4.78 is 5.79.